The van der Waals surface area contributed by atoms with Crippen LogP contribution in [0.1, 0.15) is 33.6 Å². The molecule has 3 rings (SSSR count). The normalized spacial score (nSPS) is 17.0. The molecule has 25 heavy (non-hydrogen) atoms. The molecule has 7 heteroatoms. The Hall–Kier alpha value is -2.96. The molecule has 1 amide bonds. The molecule has 1 atom stereocenters. The maximum atomic E-state index is 12.9. The summed E-state index contributed by atoms with van der Waals surface area (Å²) < 4.78 is 10.6. The minimum atomic E-state index is -0.519. The van der Waals surface area contributed by atoms with Crippen molar-refractivity contribution in [2.24, 2.45) is 0 Å². The van der Waals surface area contributed by atoms with Crippen LogP contribution >= 0.6 is 0 Å². The first-order valence-corrected chi connectivity index (χ1v) is 8.08. The van der Waals surface area contributed by atoms with Crippen LogP contribution in [-0.4, -0.2) is 53.0 Å². The van der Waals surface area contributed by atoms with Crippen molar-refractivity contribution in [3.63, 3.8) is 0 Å². The fraction of sp³-hybridized carbons (Fsp3) is 0.333. The highest BCUT2D eigenvalue weighted by molar-refractivity contribution is 6.05. The Morgan fingerprint density at radius 1 is 1.20 bits per heavy atom. The molecule has 0 radical (unpaired) electrons. The van der Waals surface area contributed by atoms with E-state index in [0.717, 1.165) is 12.8 Å². The first-order chi connectivity index (χ1) is 12.2. The largest absolute Gasteiger partial charge is 0.472 e. The number of hydrogen-bond donors (Lipinski definition) is 0. The fourth-order valence-corrected chi connectivity index (χ4v) is 2.87. The zero-order valence-corrected chi connectivity index (χ0v) is 13.9. The zero-order valence-electron chi connectivity index (χ0n) is 13.9. The second kappa shape index (κ2) is 7.74. The Bertz CT molecular complexity index is 751. The minimum absolute atomic E-state index is 0.141. The van der Waals surface area contributed by atoms with E-state index in [1.807, 2.05) is 0 Å². The Balaban J connectivity index is 1.73. The summed E-state index contributed by atoms with van der Waals surface area (Å²) >= 11 is 0. The van der Waals surface area contributed by atoms with Gasteiger partial charge in [0.05, 0.1) is 24.8 Å². The number of ether oxygens (including phenoxy) is 2. The van der Waals surface area contributed by atoms with E-state index in [9.17, 15) is 9.59 Å². The topological polar surface area (TPSA) is 81.6 Å². The summed E-state index contributed by atoms with van der Waals surface area (Å²) in [4.78, 5) is 34.4. The van der Waals surface area contributed by atoms with E-state index < -0.39 is 5.97 Å². The Labute approximate surface area is 145 Å². The van der Waals surface area contributed by atoms with Crippen molar-refractivity contribution in [3.8, 4) is 5.88 Å². The van der Waals surface area contributed by atoms with Crippen molar-refractivity contribution < 1.29 is 19.1 Å². The highest BCUT2D eigenvalue weighted by atomic mass is 16.5. The van der Waals surface area contributed by atoms with Crippen molar-refractivity contribution in [1.29, 1.82) is 0 Å². The second-order valence-corrected chi connectivity index (χ2v) is 5.72. The maximum absolute atomic E-state index is 12.9. The molecule has 2 heterocycles. The van der Waals surface area contributed by atoms with Crippen LogP contribution in [-0.2, 0) is 4.74 Å². The summed E-state index contributed by atoms with van der Waals surface area (Å²) in [6.07, 6.45) is 4.56. The molecule has 0 saturated carbocycles. The quantitative estimate of drug-likeness (QED) is 0.791. The fourth-order valence-electron chi connectivity index (χ4n) is 2.87. The van der Waals surface area contributed by atoms with Gasteiger partial charge in [-0.2, -0.15) is 0 Å². The summed E-state index contributed by atoms with van der Waals surface area (Å²) in [5, 5.41) is 0. The number of esters is 1. The van der Waals surface area contributed by atoms with Gasteiger partial charge in [-0.25, -0.2) is 14.8 Å². The molecular formula is C18H19N3O4. The first kappa shape index (κ1) is 16.9. The lowest BCUT2D eigenvalue weighted by Crippen LogP contribution is -2.44. The van der Waals surface area contributed by atoms with Gasteiger partial charge >= 0.3 is 5.97 Å². The van der Waals surface area contributed by atoms with Crippen LogP contribution in [0.25, 0.3) is 0 Å². The molecule has 1 saturated heterocycles. The van der Waals surface area contributed by atoms with E-state index in [2.05, 4.69) is 9.97 Å². The molecule has 1 aliphatic heterocycles. The number of aromatic nitrogens is 2. The van der Waals surface area contributed by atoms with Gasteiger partial charge in [-0.05, 0) is 25.0 Å². The number of piperidine rings is 1. The van der Waals surface area contributed by atoms with Crippen molar-refractivity contribution in [2.75, 3.05) is 20.2 Å². The van der Waals surface area contributed by atoms with Gasteiger partial charge in [0.2, 0.25) is 5.88 Å². The SMILES string of the molecule is COC(=O)c1ccccc1C(=O)N1CCCC(Oc2ccncn2)C1. The molecule has 0 bridgehead atoms. The van der Waals surface area contributed by atoms with Crippen LogP contribution in [0.5, 0.6) is 5.88 Å². The molecule has 1 fully saturated rings. The van der Waals surface area contributed by atoms with Crippen LogP contribution in [0.15, 0.2) is 42.9 Å². The molecule has 1 aromatic heterocycles. The van der Waals surface area contributed by atoms with E-state index in [4.69, 9.17) is 9.47 Å². The van der Waals surface area contributed by atoms with E-state index in [0.29, 0.717) is 24.5 Å². The summed E-state index contributed by atoms with van der Waals surface area (Å²) in [6.45, 7) is 1.07. The van der Waals surface area contributed by atoms with E-state index in [1.54, 1.807) is 41.4 Å². The van der Waals surface area contributed by atoms with Crippen molar-refractivity contribution in [3.05, 3.63) is 54.0 Å². The molecule has 0 spiro atoms. The summed E-state index contributed by atoms with van der Waals surface area (Å²) in [5.74, 6) is -0.226. The van der Waals surface area contributed by atoms with Gasteiger partial charge in [0, 0.05) is 18.8 Å². The highest BCUT2D eigenvalue weighted by Crippen LogP contribution is 2.20. The molecule has 1 aliphatic rings. The third-order valence-electron chi connectivity index (χ3n) is 4.07. The molecule has 7 nitrogen and oxygen atoms in total. The van der Waals surface area contributed by atoms with Gasteiger partial charge in [-0.3, -0.25) is 4.79 Å². The second-order valence-electron chi connectivity index (χ2n) is 5.72. The lowest BCUT2D eigenvalue weighted by Gasteiger charge is -2.33. The number of nitrogens with zero attached hydrogens (tertiary/aromatic N) is 3. The molecule has 1 unspecified atom stereocenters. The lowest BCUT2D eigenvalue weighted by molar-refractivity contribution is 0.0511. The predicted molar refractivity (Wildman–Crippen MR) is 89.4 cm³/mol. The van der Waals surface area contributed by atoms with Crippen LogP contribution in [0.4, 0.5) is 0 Å². The smallest absolute Gasteiger partial charge is 0.338 e. The van der Waals surface area contributed by atoms with Gasteiger partial charge in [0.15, 0.2) is 0 Å². The van der Waals surface area contributed by atoms with Crippen LogP contribution in [0.2, 0.25) is 0 Å². The molecule has 130 valence electrons. The van der Waals surface area contributed by atoms with Crippen molar-refractivity contribution >= 4 is 11.9 Å². The van der Waals surface area contributed by atoms with Crippen LogP contribution < -0.4 is 4.74 Å². The predicted octanol–water partition coefficient (Wildman–Crippen LogP) is 1.95. The average molecular weight is 341 g/mol. The highest BCUT2D eigenvalue weighted by Gasteiger charge is 2.28. The van der Waals surface area contributed by atoms with Gasteiger partial charge in [-0.1, -0.05) is 12.1 Å². The van der Waals surface area contributed by atoms with Crippen molar-refractivity contribution in [1.82, 2.24) is 14.9 Å². The van der Waals surface area contributed by atoms with Gasteiger partial charge in [-0.15, -0.1) is 0 Å². The number of carbonyl (C=O) groups is 2. The van der Waals surface area contributed by atoms with Gasteiger partial charge < -0.3 is 14.4 Å². The Kier molecular flexibility index (Phi) is 5.23. The maximum Gasteiger partial charge on any atom is 0.338 e. The number of benzene rings is 1. The van der Waals surface area contributed by atoms with Gasteiger partial charge in [0.1, 0.15) is 12.4 Å². The van der Waals surface area contributed by atoms with E-state index in [-0.39, 0.29) is 17.6 Å². The molecular weight excluding hydrogens is 322 g/mol. The average Bonchev–Trinajstić information content (AvgIpc) is 2.68. The lowest BCUT2D eigenvalue weighted by atomic mass is 10.0. The standard InChI is InChI=1S/C18H19N3O4/c1-24-18(23)15-7-3-2-6-14(15)17(22)21-10-4-5-13(11-21)25-16-8-9-19-12-20-16/h2-3,6-9,12-13H,4-5,10-11H2,1H3. The van der Waals surface area contributed by atoms with E-state index in [1.165, 1.54) is 13.4 Å². The zero-order chi connectivity index (χ0) is 17.6. The number of carbonyl (C=O) groups excluding carboxylic acids is 2. The number of amides is 1. The summed E-state index contributed by atoms with van der Waals surface area (Å²) in [5.41, 5.74) is 0.617. The third kappa shape index (κ3) is 3.93. The van der Waals surface area contributed by atoms with E-state index >= 15 is 0 Å². The number of rotatable bonds is 4. The van der Waals surface area contributed by atoms with Crippen LogP contribution in [0, 0.1) is 0 Å². The van der Waals surface area contributed by atoms with Crippen molar-refractivity contribution in [2.45, 2.75) is 18.9 Å². The number of hydrogen-bond acceptors (Lipinski definition) is 6. The summed E-state index contributed by atoms with van der Waals surface area (Å²) in [7, 11) is 1.30. The molecule has 0 aliphatic carbocycles. The van der Waals surface area contributed by atoms with Crippen LogP contribution in [0.3, 0.4) is 0 Å². The molecule has 2 aromatic rings. The van der Waals surface area contributed by atoms with Gasteiger partial charge in [0.25, 0.3) is 5.91 Å². The Morgan fingerprint density at radius 3 is 2.72 bits per heavy atom. The molecule has 0 N–H and O–H groups in total. The number of methoxy groups -OCH3 is 1. The minimum Gasteiger partial charge on any atom is -0.472 e. The number of likely N-dealkylation sites (tertiary alicyclic amines) is 1. The first-order valence-electron chi connectivity index (χ1n) is 8.08. The monoisotopic (exact) mass is 341 g/mol. The Morgan fingerprint density at radius 2 is 2.00 bits per heavy atom. The summed E-state index contributed by atoms with van der Waals surface area (Å²) in [6, 6.07) is 8.37. The molecule has 1 aromatic carbocycles. The third-order valence-corrected chi connectivity index (χ3v) is 4.07.